The second kappa shape index (κ2) is 3.03. The zero-order valence-corrected chi connectivity index (χ0v) is 7.93. The first kappa shape index (κ1) is 8.56. The zero-order valence-electron chi connectivity index (χ0n) is 7.17. The van der Waals surface area contributed by atoms with Crippen molar-refractivity contribution in [1.29, 1.82) is 0 Å². The molecule has 0 aliphatic heterocycles. The summed E-state index contributed by atoms with van der Waals surface area (Å²) >= 11 is 5.53. The van der Waals surface area contributed by atoms with E-state index in [9.17, 15) is 4.79 Å². The van der Waals surface area contributed by atoms with Crippen LogP contribution in [0, 0.1) is 5.92 Å². The number of nitrogens with zero attached hydrogens (tertiary/aromatic N) is 1. The molecule has 70 valence electrons. The van der Waals surface area contributed by atoms with Crippen molar-refractivity contribution in [3.05, 3.63) is 21.6 Å². The summed E-state index contributed by atoms with van der Waals surface area (Å²) in [5.74, 6) is 1.17. The van der Waals surface area contributed by atoms with Crippen LogP contribution in [0.15, 0.2) is 11.0 Å². The normalized spacial score (nSPS) is 25.7. The fourth-order valence-electron chi connectivity index (χ4n) is 1.15. The summed E-state index contributed by atoms with van der Waals surface area (Å²) in [4.78, 5) is 17.6. The molecule has 0 bridgehead atoms. The van der Waals surface area contributed by atoms with Crippen molar-refractivity contribution in [3.63, 3.8) is 0 Å². The standard InChI is InChI=1S/C8H10ClN3O/c1-4-2-6(4)11-8-10-3-5(9)7(13)12-8/h3-4,6H,2H2,1H3,(H2,10,11,12,13)/t4-,6-/m1/s1. The number of halogens is 1. The molecular weight excluding hydrogens is 190 g/mol. The minimum atomic E-state index is -0.299. The average Bonchev–Trinajstić information content (AvgIpc) is 2.75. The third-order valence-electron chi connectivity index (χ3n) is 2.19. The lowest BCUT2D eigenvalue weighted by Gasteiger charge is -2.02. The first-order chi connectivity index (χ1) is 6.16. The number of hydrogen-bond donors (Lipinski definition) is 2. The van der Waals surface area contributed by atoms with Gasteiger partial charge in [-0.25, -0.2) is 4.98 Å². The average molecular weight is 200 g/mol. The van der Waals surface area contributed by atoms with Crippen LogP contribution in [-0.4, -0.2) is 16.0 Å². The molecule has 0 spiro atoms. The molecule has 0 aromatic carbocycles. The molecule has 1 aliphatic carbocycles. The van der Waals surface area contributed by atoms with Crippen molar-refractivity contribution in [1.82, 2.24) is 9.97 Å². The molecule has 0 saturated heterocycles. The fourth-order valence-corrected chi connectivity index (χ4v) is 1.25. The van der Waals surface area contributed by atoms with Gasteiger partial charge in [0.15, 0.2) is 0 Å². The Morgan fingerprint density at radius 1 is 1.77 bits per heavy atom. The van der Waals surface area contributed by atoms with Gasteiger partial charge in [0.2, 0.25) is 5.95 Å². The maximum atomic E-state index is 11.1. The Balaban J connectivity index is 2.13. The summed E-state index contributed by atoms with van der Waals surface area (Å²) < 4.78 is 0. The van der Waals surface area contributed by atoms with Gasteiger partial charge in [0.05, 0.1) is 6.20 Å². The Bertz CT molecular complexity index is 376. The zero-order chi connectivity index (χ0) is 9.42. The highest BCUT2D eigenvalue weighted by Gasteiger charge is 2.32. The quantitative estimate of drug-likeness (QED) is 0.754. The smallest absolute Gasteiger partial charge is 0.271 e. The van der Waals surface area contributed by atoms with E-state index in [1.54, 1.807) is 0 Å². The van der Waals surface area contributed by atoms with Crippen molar-refractivity contribution in [3.8, 4) is 0 Å². The molecule has 0 amide bonds. The monoisotopic (exact) mass is 199 g/mol. The first-order valence-corrected chi connectivity index (χ1v) is 4.56. The molecule has 0 unspecified atom stereocenters. The maximum Gasteiger partial charge on any atom is 0.271 e. The van der Waals surface area contributed by atoms with Crippen LogP contribution in [0.25, 0.3) is 0 Å². The molecule has 0 radical (unpaired) electrons. The van der Waals surface area contributed by atoms with Crippen LogP contribution >= 0.6 is 11.6 Å². The van der Waals surface area contributed by atoms with Crippen LogP contribution in [0.4, 0.5) is 5.95 Å². The van der Waals surface area contributed by atoms with Crippen molar-refractivity contribution in [2.75, 3.05) is 5.32 Å². The molecule has 2 atom stereocenters. The summed E-state index contributed by atoms with van der Waals surface area (Å²) in [6.45, 7) is 2.14. The number of anilines is 1. The molecule has 1 heterocycles. The second-order valence-electron chi connectivity index (χ2n) is 3.37. The summed E-state index contributed by atoms with van der Waals surface area (Å²) in [5, 5.41) is 3.23. The largest absolute Gasteiger partial charge is 0.353 e. The van der Waals surface area contributed by atoms with E-state index in [0.717, 1.165) is 6.42 Å². The van der Waals surface area contributed by atoms with E-state index in [2.05, 4.69) is 22.2 Å². The third kappa shape index (κ3) is 1.83. The van der Waals surface area contributed by atoms with E-state index in [4.69, 9.17) is 11.6 Å². The topological polar surface area (TPSA) is 57.8 Å². The van der Waals surface area contributed by atoms with E-state index in [-0.39, 0.29) is 10.6 Å². The lowest BCUT2D eigenvalue weighted by atomic mass is 10.5. The number of aromatic nitrogens is 2. The van der Waals surface area contributed by atoms with E-state index >= 15 is 0 Å². The SMILES string of the molecule is C[C@@H]1C[C@H]1Nc1ncc(Cl)c(=O)[nH]1. The molecule has 13 heavy (non-hydrogen) atoms. The summed E-state index contributed by atoms with van der Waals surface area (Å²) in [5.41, 5.74) is -0.299. The van der Waals surface area contributed by atoms with Crippen molar-refractivity contribution >= 4 is 17.5 Å². The van der Waals surface area contributed by atoms with Gasteiger partial charge < -0.3 is 5.32 Å². The maximum absolute atomic E-state index is 11.1. The molecule has 5 heteroatoms. The van der Waals surface area contributed by atoms with Gasteiger partial charge in [-0.05, 0) is 12.3 Å². The fraction of sp³-hybridized carbons (Fsp3) is 0.500. The highest BCUT2D eigenvalue weighted by atomic mass is 35.5. The minimum absolute atomic E-state index is 0.120. The number of nitrogens with one attached hydrogen (secondary N) is 2. The molecule has 2 N–H and O–H groups in total. The number of H-pyrrole nitrogens is 1. The Hall–Kier alpha value is -1.03. The molecule has 2 rings (SSSR count). The van der Waals surface area contributed by atoms with E-state index in [1.165, 1.54) is 6.20 Å². The highest BCUT2D eigenvalue weighted by Crippen LogP contribution is 2.31. The predicted octanol–water partition coefficient (Wildman–Crippen LogP) is 1.24. The summed E-state index contributed by atoms with van der Waals surface area (Å²) in [6.07, 6.45) is 2.49. The lowest BCUT2D eigenvalue weighted by Crippen LogP contribution is -2.14. The Morgan fingerprint density at radius 3 is 3.00 bits per heavy atom. The number of aromatic amines is 1. The van der Waals surface area contributed by atoms with Crippen LogP contribution < -0.4 is 10.9 Å². The predicted molar refractivity (Wildman–Crippen MR) is 51.1 cm³/mol. The lowest BCUT2D eigenvalue weighted by molar-refractivity contribution is 0.911. The first-order valence-electron chi connectivity index (χ1n) is 4.18. The van der Waals surface area contributed by atoms with Crippen LogP contribution in [0.2, 0.25) is 5.02 Å². The molecule has 1 aromatic rings. The van der Waals surface area contributed by atoms with Crippen molar-refractivity contribution < 1.29 is 0 Å². The summed E-state index contributed by atoms with van der Waals surface area (Å²) in [7, 11) is 0. The highest BCUT2D eigenvalue weighted by molar-refractivity contribution is 6.30. The molecule has 1 aromatic heterocycles. The van der Waals surface area contributed by atoms with Gasteiger partial charge in [-0.1, -0.05) is 18.5 Å². The van der Waals surface area contributed by atoms with Crippen molar-refractivity contribution in [2.24, 2.45) is 5.92 Å². The number of hydrogen-bond acceptors (Lipinski definition) is 3. The van der Waals surface area contributed by atoms with Crippen LogP contribution in [0.5, 0.6) is 0 Å². The van der Waals surface area contributed by atoms with Crippen LogP contribution in [0.3, 0.4) is 0 Å². The van der Waals surface area contributed by atoms with Gasteiger partial charge in [-0.3, -0.25) is 9.78 Å². The minimum Gasteiger partial charge on any atom is -0.353 e. The second-order valence-corrected chi connectivity index (χ2v) is 3.78. The van der Waals surface area contributed by atoms with Gasteiger partial charge in [0.25, 0.3) is 5.56 Å². The Labute approximate surface area is 80.3 Å². The van der Waals surface area contributed by atoms with Gasteiger partial charge in [-0.15, -0.1) is 0 Å². The van der Waals surface area contributed by atoms with E-state index < -0.39 is 0 Å². The molecule has 1 aliphatic rings. The molecule has 1 saturated carbocycles. The molecular formula is C8H10ClN3O. The van der Waals surface area contributed by atoms with Crippen molar-refractivity contribution in [2.45, 2.75) is 19.4 Å². The third-order valence-corrected chi connectivity index (χ3v) is 2.46. The van der Waals surface area contributed by atoms with Crippen LogP contribution in [0.1, 0.15) is 13.3 Å². The van der Waals surface area contributed by atoms with Crippen LogP contribution in [-0.2, 0) is 0 Å². The van der Waals surface area contributed by atoms with Gasteiger partial charge in [-0.2, -0.15) is 0 Å². The summed E-state index contributed by atoms with van der Waals surface area (Å²) in [6, 6.07) is 0.448. The van der Waals surface area contributed by atoms with E-state index in [1.807, 2.05) is 0 Å². The Kier molecular flexibility index (Phi) is 2.00. The molecule has 1 fully saturated rings. The molecule has 4 nitrogen and oxygen atoms in total. The van der Waals surface area contributed by atoms with Gasteiger partial charge >= 0.3 is 0 Å². The van der Waals surface area contributed by atoms with Gasteiger partial charge in [0.1, 0.15) is 5.02 Å². The van der Waals surface area contributed by atoms with Gasteiger partial charge in [0, 0.05) is 6.04 Å². The number of rotatable bonds is 2. The Morgan fingerprint density at radius 2 is 2.46 bits per heavy atom. The van der Waals surface area contributed by atoms with E-state index in [0.29, 0.717) is 17.9 Å².